The predicted octanol–water partition coefficient (Wildman–Crippen LogP) is 3.10. The zero-order chi connectivity index (χ0) is 15.5. The van der Waals surface area contributed by atoms with Gasteiger partial charge < -0.3 is 14.7 Å². The first-order chi connectivity index (χ1) is 10.4. The molecule has 3 heterocycles. The fourth-order valence-electron chi connectivity index (χ4n) is 2.72. The van der Waals surface area contributed by atoms with Crippen LogP contribution in [0, 0.1) is 0 Å². The zero-order valence-corrected chi connectivity index (χ0v) is 12.7. The second kappa shape index (κ2) is 4.60. The Balaban J connectivity index is 1.93. The van der Waals surface area contributed by atoms with Crippen molar-refractivity contribution in [2.24, 2.45) is 0 Å². The normalized spacial score (nSPS) is 21.0. The van der Waals surface area contributed by atoms with Crippen LogP contribution in [0.15, 0.2) is 31.9 Å². The molecular formula is C14H10BrF2N3O2. The fraction of sp³-hybridized carbons (Fsp3) is 0.286. The summed E-state index contributed by atoms with van der Waals surface area (Å²) in [5, 5.41) is 3.35. The molecule has 1 atom stereocenters. The molecule has 4 rings (SSSR count). The molecule has 0 spiro atoms. The van der Waals surface area contributed by atoms with Crippen LogP contribution in [0.3, 0.4) is 0 Å². The lowest BCUT2D eigenvalue weighted by Gasteiger charge is -2.09. The number of aromatic amines is 1. The van der Waals surface area contributed by atoms with Gasteiger partial charge in [-0.15, -0.1) is 0 Å². The number of nitrogens with one attached hydrogen (secondary N) is 2. The van der Waals surface area contributed by atoms with Crippen LogP contribution in [0.2, 0.25) is 0 Å². The number of benzene rings is 1. The monoisotopic (exact) mass is 369 g/mol. The first-order valence-electron chi connectivity index (χ1n) is 6.66. The lowest BCUT2D eigenvalue weighted by Crippen LogP contribution is -2.21. The summed E-state index contributed by atoms with van der Waals surface area (Å²) in [5.41, 5.74) is 0.538. The maximum atomic E-state index is 13.3. The molecule has 22 heavy (non-hydrogen) atoms. The van der Waals surface area contributed by atoms with E-state index in [4.69, 9.17) is 4.42 Å². The van der Waals surface area contributed by atoms with Gasteiger partial charge in [-0.1, -0.05) is 15.9 Å². The summed E-state index contributed by atoms with van der Waals surface area (Å²) < 4.78 is 33.0. The molecule has 8 heteroatoms. The number of fused-ring (bicyclic) bond motifs is 3. The van der Waals surface area contributed by atoms with E-state index < -0.39 is 24.1 Å². The first kappa shape index (κ1) is 13.8. The summed E-state index contributed by atoms with van der Waals surface area (Å²) in [7, 11) is 0. The van der Waals surface area contributed by atoms with Crippen LogP contribution in [-0.4, -0.2) is 22.4 Å². The summed E-state index contributed by atoms with van der Waals surface area (Å²) in [6.07, 6.45) is -0.388. The van der Waals surface area contributed by atoms with Crippen LogP contribution in [0.25, 0.3) is 22.1 Å². The van der Waals surface area contributed by atoms with E-state index in [2.05, 4.69) is 31.2 Å². The number of aromatic nitrogens is 2. The Morgan fingerprint density at radius 2 is 2.23 bits per heavy atom. The second-order valence-corrected chi connectivity index (χ2v) is 6.28. The topological polar surface area (TPSA) is 70.9 Å². The van der Waals surface area contributed by atoms with Crippen molar-refractivity contribution in [3.05, 3.63) is 38.9 Å². The minimum atomic E-state index is -2.79. The molecule has 1 aliphatic rings. The number of furan rings is 1. The molecule has 0 unspecified atom stereocenters. The van der Waals surface area contributed by atoms with Crippen LogP contribution in [0.1, 0.15) is 18.3 Å². The minimum absolute atomic E-state index is 0.0987. The van der Waals surface area contributed by atoms with E-state index in [0.717, 1.165) is 4.47 Å². The molecule has 2 aromatic heterocycles. The van der Waals surface area contributed by atoms with Crippen molar-refractivity contribution in [3.63, 3.8) is 0 Å². The van der Waals surface area contributed by atoms with Crippen LogP contribution in [0.4, 0.5) is 8.78 Å². The van der Waals surface area contributed by atoms with Crippen molar-refractivity contribution in [1.29, 1.82) is 0 Å². The number of H-pyrrole nitrogens is 1. The van der Waals surface area contributed by atoms with Crippen LogP contribution < -0.4 is 10.9 Å². The average molecular weight is 370 g/mol. The number of hydrogen-bond acceptors (Lipinski definition) is 4. The van der Waals surface area contributed by atoms with E-state index in [9.17, 15) is 13.6 Å². The van der Waals surface area contributed by atoms with Crippen LogP contribution >= 0.6 is 15.9 Å². The van der Waals surface area contributed by atoms with Gasteiger partial charge >= 0.3 is 0 Å². The van der Waals surface area contributed by atoms with Crippen LogP contribution in [-0.2, 0) is 0 Å². The van der Waals surface area contributed by atoms with Gasteiger partial charge in [0.25, 0.3) is 11.5 Å². The van der Waals surface area contributed by atoms with Crippen LogP contribution in [0.5, 0.6) is 0 Å². The molecule has 0 amide bonds. The summed E-state index contributed by atoms with van der Waals surface area (Å²) in [6.45, 7) is -0.420. The first-order valence-corrected chi connectivity index (χ1v) is 7.45. The lowest BCUT2D eigenvalue weighted by atomic mass is 10.1. The van der Waals surface area contributed by atoms with Crippen molar-refractivity contribution >= 4 is 38.0 Å². The van der Waals surface area contributed by atoms with Gasteiger partial charge in [-0.3, -0.25) is 4.79 Å². The predicted molar refractivity (Wildman–Crippen MR) is 80.1 cm³/mol. The Morgan fingerprint density at radius 1 is 1.41 bits per heavy atom. The van der Waals surface area contributed by atoms with Crippen molar-refractivity contribution in [2.75, 3.05) is 6.54 Å². The highest BCUT2D eigenvalue weighted by Gasteiger charge is 2.41. The van der Waals surface area contributed by atoms with Crippen molar-refractivity contribution in [3.8, 4) is 0 Å². The molecule has 1 fully saturated rings. The zero-order valence-electron chi connectivity index (χ0n) is 11.1. The number of nitrogens with zero attached hydrogens (tertiary/aromatic N) is 1. The quantitative estimate of drug-likeness (QED) is 0.691. The standard InChI is InChI=1S/C14H10BrF2N3O2/c15-6-1-2-9-7(3-6)10-11(22-9)13(21)20-12(19-10)8-4-14(16,17)5-18-8/h1-3,8,18H,4-5H2,(H,19,20,21)/t8-/m0/s1. The van der Waals surface area contributed by atoms with E-state index in [0.29, 0.717) is 16.5 Å². The van der Waals surface area contributed by atoms with Crippen molar-refractivity contribution in [2.45, 2.75) is 18.4 Å². The Labute approximate surface area is 130 Å². The Hall–Kier alpha value is -1.80. The van der Waals surface area contributed by atoms with Gasteiger partial charge in [0, 0.05) is 16.3 Å². The van der Waals surface area contributed by atoms with Crippen molar-refractivity contribution < 1.29 is 13.2 Å². The van der Waals surface area contributed by atoms with Gasteiger partial charge in [-0.05, 0) is 18.2 Å². The maximum Gasteiger partial charge on any atom is 0.294 e. The molecule has 3 aromatic rings. The molecule has 2 N–H and O–H groups in total. The highest BCUT2D eigenvalue weighted by atomic mass is 79.9. The molecule has 0 bridgehead atoms. The van der Waals surface area contributed by atoms with E-state index in [-0.39, 0.29) is 17.8 Å². The van der Waals surface area contributed by atoms with Gasteiger partial charge in [0.05, 0.1) is 12.6 Å². The third kappa shape index (κ3) is 2.14. The van der Waals surface area contributed by atoms with E-state index in [1.807, 2.05) is 0 Å². The summed E-state index contributed by atoms with van der Waals surface area (Å²) >= 11 is 3.35. The van der Waals surface area contributed by atoms with E-state index in [1.54, 1.807) is 18.2 Å². The Morgan fingerprint density at radius 3 is 2.95 bits per heavy atom. The molecule has 0 aliphatic carbocycles. The Bertz CT molecular complexity index is 950. The number of alkyl halides is 2. The SMILES string of the molecule is O=c1[nH]c([C@@H]2CC(F)(F)CN2)nc2c1oc1ccc(Br)cc12. The second-order valence-electron chi connectivity index (χ2n) is 5.37. The molecule has 0 saturated carbocycles. The molecule has 1 aliphatic heterocycles. The highest BCUT2D eigenvalue weighted by molar-refractivity contribution is 9.10. The maximum absolute atomic E-state index is 13.3. The van der Waals surface area contributed by atoms with Gasteiger partial charge in [0.15, 0.2) is 0 Å². The third-order valence-electron chi connectivity index (χ3n) is 3.74. The molecule has 0 radical (unpaired) electrons. The smallest absolute Gasteiger partial charge is 0.294 e. The third-order valence-corrected chi connectivity index (χ3v) is 4.24. The van der Waals surface area contributed by atoms with E-state index in [1.165, 1.54) is 0 Å². The Kier molecular flexibility index (Phi) is 2.89. The summed E-state index contributed by atoms with van der Waals surface area (Å²) in [6, 6.07) is 4.62. The lowest BCUT2D eigenvalue weighted by molar-refractivity contribution is 0.0208. The van der Waals surface area contributed by atoms with Gasteiger partial charge in [-0.25, -0.2) is 13.8 Å². The number of halogens is 3. The van der Waals surface area contributed by atoms with Gasteiger partial charge in [-0.2, -0.15) is 0 Å². The molecule has 1 aromatic carbocycles. The number of rotatable bonds is 1. The summed E-state index contributed by atoms with van der Waals surface area (Å²) in [5.74, 6) is -2.59. The van der Waals surface area contributed by atoms with Gasteiger partial charge in [0.2, 0.25) is 5.58 Å². The molecular weight excluding hydrogens is 360 g/mol. The minimum Gasteiger partial charge on any atom is -0.449 e. The fourth-order valence-corrected chi connectivity index (χ4v) is 3.08. The molecule has 114 valence electrons. The number of hydrogen-bond donors (Lipinski definition) is 2. The van der Waals surface area contributed by atoms with E-state index >= 15 is 0 Å². The summed E-state index contributed by atoms with van der Waals surface area (Å²) in [4.78, 5) is 19.0. The largest absolute Gasteiger partial charge is 0.449 e. The van der Waals surface area contributed by atoms with Crippen molar-refractivity contribution in [1.82, 2.24) is 15.3 Å². The molecule has 1 saturated heterocycles. The molecule has 5 nitrogen and oxygen atoms in total. The van der Waals surface area contributed by atoms with Gasteiger partial charge in [0.1, 0.15) is 16.9 Å². The average Bonchev–Trinajstić information content (AvgIpc) is 2.99. The highest BCUT2D eigenvalue weighted by Crippen LogP contribution is 2.33.